The minimum Gasteiger partial charge on any atom is -0.392 e. The highest BCUT2D eigenvalue weighted by molar-refractivity contribution is 4.94. The summed E-state index contributed by atoms with van der Waals surface area (Å²) in [7, 11) is 0. The smallest absolute Gasteiger partial charge is 0.0627 e. The molecule has 0 aliphatic heterocycles. The van der Waals surface area contributed by atoms with E-state index in [1.54, 1.807) is 0 Å². The van der Waals surface area contributed by atoms with E-state index in [-0.39, 0.29) is 11.5 Å². The van der Waals surface area contributed by atoms with E-state index in [1.165, 1.54) is 0 Å². The van der Waals surface area contributed by atoms with Crippen LogP contribution >= 0.6 is 0 Å². The zero-order chi connectivity index (χ0) is 9.07. The predicted octanol–water partition coefficient (Wildman–Crippen LogP) is 2.75. The van der Waals surface area contributed by atoms with Gasteiger partial charge < -0.3 is 5.11 Å². The van der Waals surface area contributed by atoms with Gasteiger partial charge in [0.2, 0.25) is 0 Å². The molecular formula is C10H20O. The molecule has 0 fully saturated rings. The van der Waals surface area contributed by atoms with Gasteiger partial charge in [-0.3, -0.25) is 0 Å². The SMILES string of the molecule is C=C(C)CC(O)C(C)(C)CC. The van der Waals surface area contributed by atoms with Gasteiger partial charge >= 0.3 is 0 Å². The van der Waals surface area contributed by atoms with Crippen molar-refractivity contribution in [1.82, 2.24) is 0 Å². The Morgan fingerprint density at radius 1 is 1.55 bits per heavy atom. The molecule has 0 aromatic rings. The summed E-state index contributed by atoms with van der Waals surface area (Å²) in [6.45, 7) is 12.0. The average Bonchev–Trinajstić information content (AvgIpc) is 1.86. The van der Waals surface area contributed by atoms with Crippen LogP contribution in [0.4, 0.5) is 0 Å². The third-order valence-electron chi connectivity index (χ3n) is 2.36. The van der Waals surface area contributed by atoms with Crippen LogP contribution in [-0.4, -0.2) is 11.2 Å². The van der Waals surface area contributed by atoms with Gasteiger partial charge in [0.25, 0.3) is 0 Å². The lowest BCUT2D eigenvalue weighted by Crippen LogP contribution is -2.28. The van der Waals surface area contributed by atoms with Gasteiger partial charge in [0, 0.05) is 0 Å². The van der Waals surface area contributed by atoms with Gasteiger partial charge in [-0.1, -0.05) is 26.3 Å². The molecule has 0 amide bonds. The highest BCUT2D eigenvalue weighted by Crippen LogP contribution is 2.28. The van der Waals surface area contributed by atoms with Gasteiger partial charge in [-0.2, -0.15) is 0 Å². The summed E-state index contributed by atoms with van der Waals surface area (Å²) in [4.78, 5) is 0. The number of hydrogen-bond donors (Lipinski definition) is 1. The minimum atomic E-state index is -0.245. The zero-order valence-electron chi connectivity index (χ0n) is 8.15. The molecule has 0 rings (SSSR count). The van der Waals surface area contributed by atoms with Crippen LogP contribution in [0, 0.1) is 5.41 Å². The van der Waals surface area contributed by atoms with E-state index in [0.717, 1.165) is 18.4 Å². The molecule has 1 heteroatoms. The third kappa shape index (κ3) is 3.57. The fourth-order valence-corrected chi connectivity index (χ4v) is 0.842. The fraction of sp³-hybridized carbons (Fsp3) is 0.800. The molecule has 0 aliphatic rings. The van der Waals surface area contributed by atoms with Gasteiger partial charge in [-0.25, -0.2) is 0 Å². The molecule has 0 saturated heterocycles. The lowest BCUT2D eigenvalue weighted by Gasteiger charge is -2.29. The Morgan fingerprint density at radius 3 is 2.27 bits per heavy atom. The number of rotatable bonds is 4. The van der Waals surface area contributed by atoms with E-state index in [4.69, 9.17) is 0 Å². The molecule has 0 heterocycles. The van der Waals surface area contributed by atoms with Crippen molar-refractivity contribution < 1.29 is 5.11 Å². The van der Waals surface area contributed by atoms with Crippen molar-refractivity contribution in [1.29, 1.82) is 0 Å². The summed E-state index contributed by atoms with van der Waals surface area (Å²) in [5, 5.41) is 9.69. The first-order valence-electron chi connectivity index (χ1n) is 4.22. The standard InChI is InChI=1S/C10H20O/c1-6-10(4,5)9(11)7-8(2)3/h9,11H,2,6-7H2,1,3-5H3. The maximum absolute atomic E-state index is 9.69. The van der Waals surface area contributed by atoms with Crippen LogP contribution in [0.3, 0.4) is 0 Å². The molecular weight excluding hydrogens is 136 g/mol. The first-order chi connectivity index (χ1) is 4.90. The molecule has 11 heavy (non-hydrogen) atoms. The van der Waals surface area contributed by atoms with Crippen LogP contribution in [0.5, 0.6) is 0 Å². The third-order valence-corrected chi connectivity index (χ3v) is 2.36. The number of aliphatic hydroxyl groups is 1. The van der Waals surface area contributed by atoms with E-state index in [9.17, 15) is 5.11 Å². The molecule has 0 aliphatic carbocycles. The van der Waals surface area contributed by atoms with Crippen molar-refractivity contribution in [3.05, 3.63) is 12.2 Å². The van der Waals surface area contributed by atoms with Crippen molar-refractivity contribution in [3.8, 4) is 0 Å². The second-order valence-electron chi connectivity index (χ2n) is 4.02. The quantitative estimate of drug-likeness (QED) is 0.620. The Hall–Kier alpha value is -0.300. The summed E-state index contributed by atoms with van der Waals surface area (Å²) in [6.07, 6.45) is 1.48. The maximum atomic E-state index is 9.69. The molecule has 1 N–H and O–H groups in total. The lowest BCUT2D eigenvalue weighted by atomic mass is 9.81. The Kier molecular flexibility index (Phi) is 3.81. The van der Waals surface area contributed by atoms with Crippen LogP contribution in [0.2, 0.25) is 0 Å². The molecule has 1 atom stereocenters. The molecule has 0 bridgehead atoms. The largest absolute Gasteiger partial charge is 0.392 e. The van der Waals surface area contributed by atoms with Crippen molar-refractivity contribution in [3.63, 3.8) is 0 Å². The Labute approximate surface area is 70.1 Å². The van der Waals surface area contributed by atoms with E-state index in [2.05, 4.69) is 27.4 Å². The summed E-state index contributed by atoms with van der Waals surface area (Å²) in [6, 6.07) is 0. The molecule has 0 spiro atoms. The Balaban J connectivity index is 4.01. The number of hydrogen-bond acceptors (Lipinski definition) is 1. The highest BCUT2D eigenvalue weighted by atomic mass is 16.3. The first-order valence-corrected chi connectivity index (χ1v) is 4.22. The van der Waals surface area contributed by atoms with Crippen LogP contribution in [0.25, 0.3) is 0 Å². The van der Waals surface area contributed by atoms with Crippen LogP contribution in [-0.2, 0) is 0 Å². The summed E-state index contributed by atoms with van der Waals surface area (Å²) in [5.41, 5.74) is 1.08. The predicted molar refractivity (Wildman–Crippen MR) is 49.5 cm³/mol. The van der Waals surface area contributed by atoms with Crippen LogP contribution < -0.4 is 0 Å². The second kappa shape index (κ2) is 3.91. The monoisotopic (exact) mass is 156 g/mol. The van der Waals surface area contributed by atoms with Gasteiger partial charge in [-0.15, -0.1) is 6.58 Å². The van der Waals surface area contributed by atoms with E-state index >= 15 is 0 Å². The van der Waals surface area contributed by atoms with Crippen molar-refractivity contribution in [2.45, 2.75) is 46.6 Å². The Morgan fingerprint density at radius 2 is 2.00 bits per heavy atom. The maximum Gasteiger partial charge on any atom is 0.0627 e. The van der Waals surface area contributed by atoms with Gasteiger partial charge in [-0.05, 0) is 25.2 Å². The van der Waals surface area contributed by atoms with Crippen molar-refractivity contribution >= 4 is 0 Å². The van der Waals surface area contributed by atoms with E-state index in [0.29, 0.717) is 0 Å². The van der Waals surface area contributed by atoms with Crippen LogP contribution in [0.15, 0.2) is 12.2 Å². The summed E-state index contributed by atoms with van der Waals surface area (Å²) < 4.78 is 0. The Bertz CT molecular complexity index is 136. The average molecular weight is 156 g/mol. The lowest BCUT2D eigenvalue weighted by molar-refractivity contribution is 0.0481. The summed E-state index contributed by atoms with van der Waals surface area (Å²) in [5.74, 6) is 0. The minimum absolute atomic E-state index is 0.0267. The van der Waals surface area contributed by atoms with Crippen molar-refractivity contribution in [2.75, 3.05) is 0 Å². The second-order valence-corrected chi connectivity index (χ2v) is 4.02. The van der Waals surface area contributed by atoms with Crippen LogP contribution in [0.1, 0.15) is 40.5 Å². The zero-order valence-corrected chi connectivity index (χ0v) is 8.15. The number of aliphatic hydroxyl groups excluding tert-OH is 1. The normalized spacial score (nSPS) is 14.6. The molecule has 0 radical (unpaired) electrons. The first kappa shape index (κ1) is 10.7. The highest BCUT2D eigenvalue weighted by Gasteiger charge is 2.25. The summed E-state index contributed by atoms with van der Waals surface area (Å²) >= 11 is 0. The van der Waals surface area contributed by atoms with Gasteiger partial charge in [0.1, 0.15) is 0 Å². The van der Waals surface area contributed by atoms with E-state index in [1.807, 2.05) is 6.92 Å². The topological polar surface area (TPSA) is 20.2 Å². The van der Waals surface area contributed by atoms with E-state index < -0.39 is 0 Å². The fourth-order valence-electron chi connectivity index (χ4n) is 0.842. The molecule has 66 valence electrons. The molecule has 0 aromatic heterocycles. The van der Waals surface area contributed by atoms with Gasteiger partial charge in [0.05, 0.1) is 6.10 Å². The molecule has 1 nitrogen and oxygen atoms in total. The van der Waals surface area contributed by atoms with Gasteiger partial charge in [0.15, 0.2) is 0 Å². The molecule has 0 aromatic carbocycles. The van der Waals surface area contributed by atoms with Crippen molar-refractivity contribution in [2.24, 2.45) is 5.41 Å². The molecule has 1 unspecified atom stereocenters. The molecule has 0 saturated carbocycles.